The molecule has 1 aliphatic heterocycles. The molecule has 1 aromatic heterocycles. The van der Waals surface area contributed by atoms with Crippen molar-refractivity contribution in [1.82, 2.24) is 14.3 Å². The summed E-state index contributed by atoms with van der Waals surface area (Å²) in [7, 11) is 0. The normalized spacial score (nSPS) is 18.5. The fourth-order valence-corrected chi connectivity index (χ4v) is 5.77. The minimum atomic E-state index is -0.343. The van der Waals surface area contributed by atoms with Gasteiger partial charge in [0.2, 0.25) is 5.95 Å². The molecule has 6 rings (SSSR count). The second-order valence-corrected chi connectivity index (χ2v) is 10.4. The summed E-state index contributed by atoms with van der Waals surface area (Å²) in [5, 5.41) is 22.7. The molecule has 0 bridgehead atoms. The lowest BCUT2D eigenvalue weighted by Crippen LogP contribution is -2.37. The Morgan fingerprint density at radius 3 is 2.38 bits per heavy atom. The van der Waals surface area contributed by atoms with Gasteiger partial charge in [-0.2, -0.15) is 5.10 Å². The van der Waals surface area contributed by atoms with Gasteiger partial charge in [-0.3, -0.25) is 4.57 Å². The molecule has 1 N–H and O–H groups in total. The van der Waals surface area contributed by atoms with Gasteiger partial charge < -0.3 is 5.11 Å². The van der Waals surface area contributed by atoms with Crippen molar-refractivity contribution in [3.8, 4) is 0 Å². The van der Waals surface area contributed by atoms with Crippen molar-refractivity contribution >= 4 is 34.9 Å². The van der Waals surface area contributed by atoms with Crippen molar-refractivity contribution in [3.63, 3.8) is 0 Å². The van der Waals surface area contributed by atoms with E-state index in [4.69, 9.17) is 33.4 Å². The number of rotatable bonds is 6. The van der Waals surface area contributed by atoms with Gasteiger partial charge in [0, 0.05) is 10.0 Å². The van der Waals surface area contributed by atoms with Crippen molar-refractivity contribution in [3.05, 3.63) is 116 Å². The molecule has 0 radical (unpaired) electrons. The minimum Gasteiger partial charge on any atom is -0.395 e. The van der Waals surface area contributed by atoms with Crippen LogP contribution < -0.4 is 10.7 Å². The number of aliphatic hydroxyl groups is 1. The lowest BCUT2D eigenvalue weighted by Gasteiger charge is -2.27. The van der Waals surface area contributed by atoms with Crippen LogP contribution in [0.3, 0.4) is 0 Å². The van der Waals surface area contributed by atoms with E-state index in [0.29, 0.717) is 22.5 Å². The maximum absolute atomic E-state index is 13.3. The summed E-state index contributed by atoms with van der Waals surface area (Å²) in [5.41, 5.74) is 4.75. The average molecular weight is 534 g/mol. The third-order valence-corrected chi connectivity index (χ3v) is 7.77. The summed E-state index contributed by atoms with van der Waals surface area (Å²) < 4.78 is 2.91. The molecule has 2 heterocycles. The van der Waals surface area contributed by atoms with Crippen LogP contribution in [-0.4, -0.2) is 38.3 Å². The molecule has 3 aromatic carbocycles. The topological polar surface area (TPSA) is 75.7 Å². The summed E-state index contributed by atoms with van der Waals surface area (Å²) in [6.45, 7) is 0.775. The number of hydrazone groups is 1. The fraction of sp³-hybridized carbons (Fsp3) is 0.250. The molecule has 37 heavy (non-hydrogen) atoms. The Morgan fingerprint density at radius 1 is 0.946 bits per heavy atom. The molecule has 4 aromatic rings. The van der Waals surface area contributed by atoms with Gasteiger partial charge in [-0.15, -0.1) is 5.10 Å². The predicted molar refractivity (Wildman–Crippen MR) is 146 cm³/mol. The number of anilines is 1. The first-order valence-electron chi connectivity index (χ1n) is 12.2. The second-order valence-electron chi connectivity index (χ2n) is 9.49. The maximum atomic E-state index is 13.3. The average Bonchev–Trinajstić information content (AvgIpc) is 3.57. The SMILES string of the molecule is O=c1n(Cc2ccc(Cl)cc2)nc(N2C[C@@]3(CCc4ccccc43)C(c3ccc(Cl)cc3)=N2)n1CCO. The standard InChI is InChI=1S/C28H25Cl2N5O2/c29-22-9-5-19(6-10-22)17-34-27(37)33(15-16-36)26(32-34)35-18-28(14-13-20-3-1-2-4-24(20)28)25(31-35)21-7-11-23(30)12-8-21/h1-12,36H,13-18H2/t28-/m1/s1. The van der Waals surface area contributed by atoms with Gasteiger partial charge in [0.25, 0.3) is 0 Å². The number of hydrogen-bond acceptors (Lipinski definition) is 5. The van der Waals surface area contributed by atoms with Crippen LogP contribution in [-0.2, 0) is 24.9 Å². The van der Waals surface area contributed by atoms with E-state index < -0.39 is 0 Å². The van der Waals surface area contributed by atoms with Gasteiger partial charge in [0.1, 0.15) is 0 Å². The quantitative estimate of drug-likeness (QED) is 0.396. The van der Waals surface area contributed by atoms with Crippen LogP contribution in [0.1, 0.15) is 28.7 Å². The van der Waals surface area contributed by atoms with E-state index in [-0.39, 0.29) is 30.8 Å². The summed E-state index contributed by atoms with van der Waals surface area (Å²) in [4.78, 5) is 13.3. The van der Waals surface area contributed by atoms with E-state index in [0.717, 1.165) is 29.7 Å². The molecule has 1 spiro atoms. The zero-order chi connectivity index (χ0) is 25.6. The molecule has 0 saturated carbocycles. The number of hydrogen-bond donors (Lipinski definition) is 1. The Morgan fingerprint density at radius 2 is 1.65 bits per heavy atom. The summed E-state index contributed by atoms with van der Waals surface area (Å²) in [6.07, 6.45) is 1.85. The van der Waals surface area contributed by atoms with Gasteiger partial charge >= 0.3 is 5.69 Å². The molecule has 1 atom stereocenters. The molecule has 188 valence electrons. The fourth-order valence-electron chi connectivity index (χ4n) is 5.52. The number of halogens is 2. The lowest BCUT2D eigenvalue weighted by molar-refractivity contribution is 0.274. The summed E-state index contributed by atoms with van der Waals surface area (Å²) >= 11 is 12.2. The molecule has 0 saturated heterocycles. The van der Waals surface area contributed by atoms with E-state index in [9.17, 15) is 9.90 Å². The molecular formula is C28H25Cl2N5O2. The predicted octanol–water partition coefficient (Wildman–Crippen LogP) is 4.50. The van der Waals surface area contributed by atoms with Crippen molar-refractivity contribution < 1.29 is 5.11 Å². The first-order valence-corrected chi connectivity index (χ1v) is 13.0. The van der Waals surface area contributed by atoms with Gasteiger partial charge in [0.05, 0.1) is 37.4 Å². The second kappa shape index (κ2) is 9.49. The molecule has 0 fully saturated rings. The Bertz CT molecular complexity index is 1540. The van der Waals surface area contributed by atoms with Crippen molar-refractivity contribution in [2.45, 2.75) is 31.3 Å². The molecule has 9 heteroatoms. The van der Waals surface area contributed by atoms with Crippen LogP contribution in [0.4, 0.5) is 5.95 Å². The Hall–Kier alpha value is -3.39. The summed E-state index contributed by atoms with van der Waals surface area (Å²) in [6, 6.07) is 23.5. The van der Waals surface area contributed by atoms with E-state index in [1.807, 2.05) is 41.4 Å². The molecular weight excluding hydrogens is 509 g/mol. The number of benzene rings is 3. The number of nitrogens with zero attached hydrogens (tertiary/aromatic N) is 5. The number of aromatic nitrogens is 3. The van der Waals surface area contributed by atoms with Crippen molar-refractivity contribution in [2.24, 2.45) is 5.10 Å². The number of aryl methyl sites for hydroxylation is 1. The largest absolute Gasteiger partial charge is 0.395 e. The lowest BCUT2D eigenvalue weighted by atomic mass is 9.75. The van der Waals surface area contributed by atoms with Crippen LogP contribution in [0.2, 0.25) is 10.0 Å². The first kappa shape index (κ1) is 24.0. The molecule has 0 unspecified atom stereocenters. The van der Waals surface area contributed by atoms with Crippen LogP contribution in [0.15, 0.2) is 82.7 Å². The highest BCUT2D eigenvalue weighted by atomic mass is 35.5. The molecule has 7 nitrogen and oxygen atoms in total. The Labute approximate surface area is 224 Å². The smallest absolute Gasteiger partial charge is 0.347 e. The van der Waals surface area contributed by atoms with E-state index >= 15 is 0 Å². The maximum Gasteiger partial charge on any atom is 0.347 e. The Balaban J connectivity index is 1.45. The van der Waals surface area contributed by atoms with E-state index in [1.165, 1.54) is 20.4 Å². The van der Waals surface area contributed by atoms with Gasteiger partial charge in [-0.25, -0.2) is 14.5 Å². The zero-order valence-corrected chi connectivity index (χ0v) is 21.5. The van der Waals surface area contributed by atoms with Crippen molar-refractivity contribution in [1.29, 1.82) is 0 Å². The highest BCUT2D eigenvalue weighted by Gasteiger charge is 2.49. The van der Waals surface area contributed by atoms with Crippen LogP contribution in [0.5, 0.6) is 0 Å². The van der Waals surface area contributed by atoms with Gasteiger partial charge in [-0.1, -0.05) is 71.7 Å². The Kier molecular flexibility index (Phi) is 6.15. The number of fused-ring (bicyclic) bond motifs is 2. The third kappa shape index (κ3) is 4.17. The van der Waals surface area contributed by atoms with E-state index in [1.54, 1.807) is 12.1 Å². The van der Waals surface area contributed by atoms with Gasteiger partial charge in [0.15, 0.2) is 0 Å². The first-order chi connectivity index (χ1) is 18.0. The van der Waals surface area contributed by atoms with Gasteiger partial charge in [-0.05, 0) is 59.4 Å². The molecule has 0 amide bonds. The van der Waals surface area contributed by atoms with E-state index in [2.05, 4.69) is 24.3 Å². The summed E-state index contributed by atoms with van der Waals surface area (Å²) in [5.74, 6) is 0.417. The van der Waals surface area contributed by atoms with Crippen LogP contribution in [0, 0.1) is 0 Å². The zero-order valence-electron chi connectivity index (χ0n) is 20.0. The van der Waals surface area contributed by atoms with Crippen LogP contribution in [0.25, 0.3) is 0 Å². The highest BCUT2D eigenvalue weighted by Crippen LogP contribution is 2.46. The monoisotopic (exact) mass is 533 g/mol. The third-order valence-electron chi connectivity index (χ3n) is 7.27. The van der Waals surface area contributed by atoms with Crippen LogP contribution >= 0.6 is 23.2 Å². The molecule has 1 aliphatic carbocycles. The molecule has 2 aliphatic rings. The number of aliphatic hydroxyl groups excluding tert-OH is 1. The minimum absolute atomic E-state index is 0.126. The van der Waals surface area contributed by atoms with Crippen molar-refractivity contribution in [2.75, 3.05) is 18.2 Å². The highest BCUT2D eigenvalue weighted by molar-refractivity contribution is 6.31.